The maximum absolute atomic E-state index is 10.4. The maximum atomic E-state index is 10.4. The van der Waals surface area contributed by atoms with Gasteiger partial charge in [0.05, 0.1) is 0 Å². The molecule has 0 aliphatic rings. The Hall–Kier alpha value is -0.923. The lowest BCUT2D eigenvalue weighted by molar-refractivity contribution is 0.451. The zero-order chi connectivity index (χ0) is 15.1. The number of fused-ring (bicyclic) bond motifs is 1. The number of hydrogen-bond acceptors (Lipinski definition) is 4. The zero-order valence-corrected chi connectivity index (χ0v) is 14.9. The molecule has 0 unspecified atom stereocenters. The summed E-state index contributed by atoms with van der Waals surface area (Å²) < 4.78 is 2.67. The van der Waals surface area contributed by atoms with Gasteiger partial charge in [-0.25, -0.2) is 9.50 Å². The molecule has 2 aromatic heterocycles. The third-order valence-corrected chi connectivity index (χ3v) is 8.70. The van der Waals surface area contributed by atoms with Gasteiger partial charge < -0.3 is 10.5 Å². The van der Waals surface area contributed by atoms with Crippen molar-refractivity contribution in [2.45, 2.75) is 44.8 Å². The standard InChI is InChI=1S/C13H21BrN4OSi/c1-13(2,20(3,4)19)6-5-9-7-10-12(15)16-8-17-18(10)11(9)14/h7-8,19H,5-6H2,1-4H3,(H2,15,16,17). The summed E-state index contributed by atoms with van der Waals surface area (Å²) in [7, 11) is -2.18. The number of nitrogen functional groups attached to an aromatic ring is 1. The topological polar surface area (TPSA) is 76.4 Å². The van der Waals surface area contributed by atoms with Crippen molar-refractivity contribution in [2.75, 3.05) is 5.73 Å². The van der Waals surface area contributed by atoms with Crippen LogP contribution in [0, 0.1) is 0 Å². The summed E-state index contributed by atoms with van der Waals surface area (Å²) in [4.78, 5) is 14.4. The SMILES string of the molecule is CC(C)(CCc1cc2c(N)ncnn2c1Br)[Si](C)(C)O. The first-order valence-corrected chi connectivity index (χ1v) is 10.4. The Kier molecular flexibility index (Phi) is 3.96. The van der Waals surface area contributed by atoms with Crippen LogP contribution in [-0.2, 0) is 6.42 Å². The van der Waals surface area contributed by atoms with Crippen LogP contribution < -0.4 is 5.73 Å². The molecule has 2 heterocycles. The highest BCUT2D eigenvalue weighted by Crippen LogP contribution is 2.40. The molecule has 0 fully saturated rings. The molecule has 3 N–H and O–H groups in total. The predicted molar refractivity (Wildman–Crippen MR) is 87.2 cm³/mol. The third kappa shape index (κ3) is 2.75. The van der Waals surface area contributed by atoms with Crippen LogP contribution in [0.1, 0.15) is 25.8 Å². The number of aromatic nitrogens is 3. The molecule has 0 saturated heterocycles. The van der Waals surface area contributed by atoms with Crippen molar-refractivity contribution in [1.82, 2.24) is 14.6 Å². The molecule has 0 bridgehead atoms. The monoisotopic (exact) mass is 356 g/mol. The van der Waals surface area contributed by atoms with Crippen LogP contribution in [0.15, 0.2) is 17.0 Å². The van der Waals surface area contributed by atoms with Gasteiger partial charge in [-0.05, 0) is 58.5 Å². The minimum atomic E-state index is -2.18. The molecular formula is C13H21BrN4OSi. The van der Waals surface area contributed by atoms with Gasteiger partial charge in [-0.1, -0.05) is 13.8 Å². The first kappa shape index (κ1) is 15.5. The van der Waals surface area contributed by atoms with Crippen LogP contribution in [0.4, 0.5) is 5.82 Å². The van der Waals surface area contributed by atoms with Crippen LogP contribution in [-0.4, -0.2) is 27.7 Å². The molecule has 0 aliphatic carbocycles. The summed E-state index contributed by atoms with van der Waals surface area (Å²) in [6.45, 7) is 8.25. The van der Waals surface area contributed by atoms with E-state index in [1.807, 2.05) is 19.2 Å². The summed E-state index contributed by atoms with van der Waals surface area (Å²) >= 11 is 3.57. The van der Waals surface area contributed by atoms with Gasteiger partial charge in [0.25, 0.3) is 0 Å². The first-order chi connectivity index (χ1) is 9.13. The van der Waals surface area contributed by atoms with Crippen molar-refractivity contribution in [1.29, 1.82) is 0 Å². The molecule has 0 aliphatic heterocycles. The summed E-state index contributed by atoms with van der Waals surface area (Å²) in [5.41, 5.74) is 7.82. The van der Waals surface area contributed by atoms with Crippen LogP contribution in [0.25, 0.3) is 5.52 Å². The summed E-state index contributed by atoms with van der Waals surface area (Å²) in [5.74, 6) is 0.475. The molecule has 2 aromatic rings. The fraction of sp³-hybridized carbons (Fsp3) is 0.538. The van der Waals surface area contributed by atoms with Gasteiger partial charge in [-0.15, -0.1) is 0 Å². The highest BCUT2D eigenvalue weighted by atomic mass is 79.9. The van der Waals surface area contributed by atoms with Gasteiger partial charge in [-0.2, -0.15) is 5.10 Å². The van der Waals surface area contributed by atoms with Crippen molar-refractivity contribution in [3.8, 4) is 0 Å². The van der Waals surface area contributed by atoms with E-state index in [0.29, 0.717) is 5.82 Å². The fourth-order valence-corrected chi connectivity index (χ4v) is 3.29. The van der Waals surface area contributed by atoms with Crippen molar-refractivity contribution in [2.24, 2.45) is 0 Å². The number of nitrogens with two attached hydrogens (primary N) is 1. The Morgan fingerprint density at radius 1 is 1.45 bits per heavy atom. The van der Waals surface area contributed by atoms with E-state index in [1.165, 1.54) is 6.33 Å². The summed E-state index contributed by atoms with van der Waals surface area (Å²) in [5, 5.41) is 4.15. The maximum Gasteiger partial charge on any atom is 0.188 e. The van der Waals surface area contributed by atoms with Crippen molar-refractivity contribution < 1.29 is 4.80 Å². The van der Waals surface area contributed by atoms with E-state index in [4.69, 9.17) is 5.73 Å². The average molecular weight is 357 g/mol. The predicted octanol–water partition coefficient (Wildman–Crippen LogP) is 2.98. The molecule has 20 heavy (non-hydrogen) atoms. The second-order valence-corrected chi connectivity index (χ2v) is 11.6. The van der Waals surface area contributed by atoms with Crippen molar-refractivity contribution in [3.05, 3.63) is 22.6 Å². The highest BCUT2D eigenvalue weighted by Gasteiger charge is 2.37. The Bertz CT molecular complexity index is 633. The fourth-order valence-electron chi connectivity index (χ4n) is 1.96. The van der Waals surface area contributed by atoms with E-state index >= 15 is 0 Å². The molecule has 0 aromatic carbocycles. The summed E-state index contributed by atoms with van der Waals surface area (Å²) in [6.07, 6.45) is 3.24. The van der Waals surface area contributed by atoms with E-state index in [9.17, 15) is 4.80 Å². The second kappa shape index (κ2) is 5.12. The van der Waals surface area contributed by atoms with E-state index in [1.54, 1.807) is 4.52 Å². The Morgan fingerprint density at radius 2 is 2.10 bits per heavy atom. The lowest BCUT2D eigenvalue weighted by Gasteiger charge is -2.35. The van der Waals surface area contributed by atoms with E-state index in [0.717, 1.165) is 28.5 Å². The third-order valence-electron chi connectivity index (χ3n) is 4.29. The van der Waals surface area contributed by atoms with E-state index < -0.39 is 8.32 Å². The first-order valence-electron chi connectivity index (χ1n) is 6.62. The minimum Gasteiger partial charge on any atom is -0.432 e. The average Bonchev–Trinajstić information content (AvgIpc) is 2.65. The number of nitrogens with zero attached hydrogens (tertiary/aromatic N) is 3. The lowest BCUT2D eigenvalue weighted by atomic mass is 10.0. The number of hydrogen-bond donors (Lipinski definition) is 2. The zero-order valence-electron chi connectivity index (χ0n) is 12.3. The van der Waals surface area contributed by atoms with Crippen LogP contribution in [0.3, 0.4) is 0 Å². The minimum absolute atomic E-state index is 0.0439. The number of aryl methyl sites for hydroxylation is 1. The molecule has 0 spiro atoms. The van der Waals surface area contributed by atoms with Crippen molar-refractivity contribution >= 4 is 35.6 Å². The molecule has 0 atom stereocenters. The number of halogens is 1. The van der Waals surface area contributed by atoms with E-state index in [2.05, 4.69) is 39.9 Å². The Morgan fingerprint density at radius 3 is 2.65 bits per heavy atom. The van der Waals surface area contributed by atoms with Gasteiger partial charge in [0.2, 0.25) is 0 Å². The Balaban J connectivity index is 2.28. The quantitative estimate of drug-likeness (QED) is 0.825. The molecule has 110 valence electrons. The molecule has 5 nitrogen and oxygen atoms in total. The molecule has 0 saturated carbocycles. The number of anilines is 1. The second-order valence-electron chi connectivity index (χ2n) is 6.35. The molecule has 0 radical (unpaired) electrons. The van der Waals surface area contributed by atoms with Gasteiger partial charge in [0, 0.05) is 0 Å². The molecular weight excluding hydrogens is 336 g/mol. The van der Waals surface area contributed by atoms with E-state index in [-0.39, 0.29) is 5.04 Å². The van der Waals surface area contributed by atoms with Crippen LogP contribution >= 0.6 is 15.9 Å². The summed E-state index contributed by atoms with van der Waals surface area (Å²) in [6, 6.07) is 2.02. The molecule has 0 amide bonds. The van der Waals surface area contributed by atoms with Crippen LogP contribution in [0.2, 0.25) is 18.1 Å². The highest BCUT2D eigenvalue weighted by molar-refractivity contribution is 9.10. The van der Waals surface area contributed by atoms with Crippen LogP contribution in [0.5, 0.6) is 0 Å². The van der Waals surface area contributed by atoms with Gasteiger partial charge in [0.1, 0.15) is 16.4 Å². The molecule has 7 heteroatoms. The Labute approximate surface area is 128 Å². The lowest BCUT2D eigenvalue weighted by Crippen LogP contribution is -2.39. The largest absolute Gasteiger partial charge is 0.432 e. The molecule has 2 rings (SSSR count). The number of rotatable bonds is 4. The van der Waals surface area contributed by atoms with Gasteiger partial charge in [0.15, 0.2) is 14.1 Å². The normalized spacial score (nSPS) is 13.1. The van der Waals surface area contributed by atoms with Gasteiger partial charge in [-0.3, -0.25) is 0 Å². The smallest absolute Gasteiger partial charge is 0.188 e. The van der Waals surface area contributed by atoms with Crippen molar-refractivity contribution in [3.63, 3.8) is 0 Å². The van der Waals surface area contributed by atoms with Gasteiger partial charge >= 0.3 is 0 Å².